The Kier molecular flexibility index (Phi) is 5.50. The number of fused-ring (bicyclic) bond motifs is 1. The van der Waals surface area contributed by atoms with Crippen LogP contribution in [-0.4, -0.2) is 19.9 Å². The van der Waals surface area contributed by atoms with E-state index in [2.05, 4.69) is 0 Å². The molecular weight excluding hydrogens is 432 g/mol. The van der Waals surface area contributed by atoms with E-state index in [9.17, 15) is 23.3 Å². The first kappa shape index (κ1) is 21.3. The molecule has 8 nitrogen and oxygen atoms in total. The summed E-state index contributed by atoms with van der Waals surface area (Å²) < 4.78 is 32.8. The van der Waals surface area contributed by atoms with Gasteiger partial charge in [-0.2, -0.15) is 0 Å². The minimum atomic E-state index is -3.79. The van der Waals surface area contributed by atoms with Gasteiger partial charge in [0.1, 0.15) is 5.58 Å². The van der Waals surface area contributed by atoms with Gasteiger partial charge in [0.05, 0.1) is 21.1 Å². The third kappa shape index (κ3) is 3.85. The second kappa shape index (κ2) is 8.27. The highest BCUT2D eigenvalue weighted by molar-refractivity contribution is 7.92. The number of rotatable bonds is 6. The molecule has 0 aliphatic carbocycles. The number of anilines is 1. The van der Waals surface area contributed by atoms with E-state index in [1.54, 1.807) is 43.3 Å². The number of nitro groups is 1. The van der Waals surface area contributed by atoms with Crippen molar-refractivity contribution in [2.45, 2.75) is 11.8 Å². The lowest BCUT2D eigenvalue weighted by Gasteiger charge is -2.23. The highest BCUT2D eigenvalue weighted by Crippen LogP contribution is 2.29. The molecule has 9 heteroatoms. The van der Waals surface area contributed by atoms with Crippen molar-refractivity contribution in [3.8, 4) is 11.1 Å². The van der Waals surface area contributed by atoms with Crippen LogP contribution >= 0.6 is 0 Å². The maximum atomic E-state index is 13.1. The van der Waals surface area contributed by atoms with Gasteiger partial charge in [0.25, 0.3) is 15.7 Å². The maximum absolute atomic E-state index is 13.1. The van der Waals surface area contributed by atoms with Gasteiger partial charge < -0.3 is 4.42 Å². The molecule has 0 aliphatic heterocycles. The molecule has 162 valence electrons. The van der Waals surface area contributed by atoms with Gasteiger partial charge in [-0.3, -0.25) is 14.4 Å². The molecule has 3 aromatic carbocycles. The van der Waals surface area contributed by atoms with Crippen LogP contribution in [0.25, 0.3) is 22.1 Å². The second-order valence-electron chi connectivity index (χ2n) is 6.96. The van der Waals surface area contributed by atoms with E-state index in [1.807, 2.05) is 0 Å². The Hall–Kier alpha value is -3.98. The van der Waals surface area contributed by atoms with E-state index < -0.39 is 20.6 Å². The normalized spacial score (nSPS) is 11.4. The zero-order valence-electron chi connectivity index (χ0n) is 17.0. The Bertz CT molecular complexity index is 1460. The van der Waals surface area contributed by atoms with Crippen molar-refractivity contribution in [3.05, 3.63) is 99.4 Å². The van der Waals surface area contributed by atoms with Gasteiger partial charge in [-0.1, -0.05) is 18.2 Å². The molecule has 1 aromatic heterocycles. The van der Waals surface area contributed by atoms with Crippen LogP contribution in [0.3, 0.4) is 0 Å². The molecule has 0 N–H and O–H groups in total. The molecule has 0 spiro atoms. The lowest BCUT2D eigenvalue weighted by Crippen LogP contribution is -2.30. The van der Waals surface area contributed by atoms with Crippen LogP contribution in [0.4, 0.5) is 11.4 Å². The van der Waals surface area contributed by atoms with Gasteiger partial charge in [-0.25, -0.2) is 13.2 Å². The van der Waals surface area contributed by atoms with E-state index in [0.717, 1.165) is 0 Å². The zero-order chi connectivity index (χ0) is 22.9. The molecule has 32 heavy (non-hydrogen) atoms. The van der Waals surface area contributed by atoms with Crippen molar-refractivity contribution < 1.29 is 17.8 Å². The van der Waals surface area contributed by atoms with E-state index in [1.165, 1.54) is 46.8 Å². The lowest BCUT2D eigenvalue weighted by atomic mass is 10.1. The van der Waals surface area contributed by atoms with Gasteiger partial charge in [0.15, 0.2) is 0 Å². The molecule has 0 radical (unpaired) electrons. The van der Waals surface area contributed by atoms with Crippen LogP contribution in [0, 0.1) is 10.1 Å². The fraction of sp³-hybridized carbons (Fsp3) is 0.0870. The summed E-state index contributed by atoms with van der Waals surface area (Å²) in [6.07, 6.45) is 0. The van der Waals surface area contributed by atoms with E-state index in [-0.39, 0.29) is 28.3 Å². The summed E-state index contributed by atoms with van der Waals surface area (Å²) in [6, 6.07) is 20.1. The number of nitrogens with zero attached hydrogens (tertiary/aromatic N) is 2. The van der Waals surface area contributed by atoms with Crippen LogP contribution in [-0.2, 0) is 10.0 Å². The van der Waals surface area contributed by atoms with E-state index in [4.69, 9.17) is 4.42 Å². The molecule has 0 aliphatic rings. The lowest BCUT2D eigenvalue weighted by molar-refractivity contribution is -0.384. The van der Waals surface area contributed by atoms with Crippen molar-refractivity contribution in [2.24, 2.45) is 0 Å². The summed E-state index contributed by atoms with van der Waals surface area (Å²) in [5, 5.41) is 11.4. The van der Waals surface area contributed by atoms with Crippen LogP contribution in [0.1, 0.15) is 6.92 Å². The zero-order valence-corrected chi connectivity index (χ0v) is 17.8. The molecule has 0 saturated heterocycles. The minimum Gasteiger partial charge on any atom is -0.422 e. The van der Waals surface area contributed by atoms with E-state index >= 15 is 0 Å². The number of non-ortho nitro benzene ring substituents is 1. The Balaban J connectivity index is 1.76. The Labute approximate surface area is 183 Å². The van der Waals surface area contributed by atoms with Gasteiger partial charge >= 0.3 is 5.63 Å². The molecule has 4 rings (SSSR count). The summed E-state index contributed by atoms with van der Waals surface area (Å²) in [6.45, 7) is 1.91. The van der Waals surface area contributed by atoms with Gasteiger partial charge in [0, 0.05) is 30.1 Å². The fourth-order valence-corrected chi connectivity index (χ4v) is 4.92. The Morgan fingerprint density at radius 1 is 0.969 bits per heavy atom. The monoisotopic (exact) mass is 450 g/mol. The first-order valence-corrected chi connectivity index (χ1v) is 11.2. The number of nitro benzene ring substituents is 1. The summed E-state index contributed by atoms with van der Waals surface area (Å²) in [4.78, 5) is 23.1. The van der Waals surface area contributed by atoms with Gasteiger partial charge in [0.2, 0.25) is 0 Å². The van der Waals surface area contributed by atoms with Crippen LogP contribution < -0.4 is 9.93 Å². The standard InChI is InChI=1S/C23H18N2O6S/c1-2-24(32(29,30)20-6-4-3-5-7-20)19-13-10-17-14-21(23(26)31-22(17)15-19)16-8-11-18(12-9-16)25(27)28/h3-15H,2H2,1H3. The van der Waals surface area contributed by atoms with Crippen LogP contribution in [0.2, 0.25) is 0 Å². The fourth-order valence-electron chi connectivity index (χ4n) is 3.43. The first-order chi connectivity index (χ1) is 15.3. The average Bonchev–Trinajstić information content (AvgIpc) is 2.79. The maximum Gasteiger partial charge on any atom is 0.344 e. The summed E-state index contributed by atoms with van der Waals surface area (Å²) in [5.41, 5.74) is 0.636. The van der Waals surface area contributed by atoms with Crippen molar-refractivity contribution in [1.82, 2.24) is 0 Å². The number of hydrogen-bond acceptors (Lipinski definition) is 6. The topological polar surface area (TPSA) is 111 Å². The number of benzene rings is 3. The summed E-state index contributed by atoms with van der Waals surface area (Å²) >= 11 is 0. The SMILES string of the molecule is CCN(c1ccc2cc(-c3ccc([N+](=O)[O-])cc3)c(=O)oc2c1)S(=O)(=O)c1ccccc1. The van der Waals surface area contributed by atoms with Gasteiger partial charge in [-0.15, -0.1) is 0 Å². The van der Waals surface area contributed by atoms with E-state index in [0.29, 0.717) is 16.6 Å². The highest BCUT2D eigenvalue weighted by atomic mass is 32.2. The molecule has 0 bridgehead atoms. The van der Waals surface area contributed by atoms with Crippen molar-refractivity contribution >= 4 is 32.4 Å². The van der Waals surface area contributed by atoms with Crippen LogP contribution in [0.5, 0.6) is 0 Å². The smallest absolute Gasteiger partial charge is 0.344 e. The second-order valence-corrected chi connectivity index (χ2v) is 8.82. The summed E-state index contributed by atoms with van der Waals surface area (Å²) in [5.74, 6) is 0. The number of hydrogen-bond donors (Lipinski definition) is 0. The molecule has 1 heterocycles. The Morgan fingerprint density at radius 3 is 2.28 bits per heavy atom. The quantitative estimate of drug-likeness (QED) is 0.241. The van der Waals surface area contributed by atoms with Crippen molar-refractivity contribution in [3.63, 3.8) is 0 Å². The number of sulfonamides is 1. The van der Waals surface area contributed by atoms with Crippen molar-refractivity contribution in [2.75, 3.05) is 10.8 Å². The van der Waals surface area contributed by atoms with Crippen LogP contribution in [0.15, 0.2) is 93.0 Å². The molecule has 0 saturated carbocycles. The summed E-state index contributed by atoms with van der Waals surface area (Å²) in [7, 11) is -3.79. The predicted molar refractivity (Wildman–Crippen MR) is 121 cm³/mol. The molecule has 0 atom stereocenters. The minimum absolute atomic E-state index is 0.0807. The average molecular weight is 450 g/mol. The highest BCUT2D eigenvalue weighted by Gasteiger charge is 2.24. The van der Waals surface area contributed by atoms with Crippen molar-refractivity contribution in [1.29, 1.82) is 0 Å². The molecule has 0 amide bonds. The predicted octanol–water partition coefficient (Wildman–Crippen LogP) is 4.58. The molecular formula is C23H18N2O6S. The largest absolute Gasteiger partial charge is 0.422 e. The van der Waals surface area contributed by atoms with Gasteiger partial charge in [-0.05, 0) is 55.0 Å². The molecule has 0 unspecified atom stereocenters. The molecule has 4 aromatic rings. The first-order valence-electron chi connectivity index (χ1n) is 9.72. The Morgan fingerprint density at radius 2 is 1.66 bits per heavy atom. The third-order valence-corrected chi connectivity index (χ3v) is 6.93. The molecule has 0 fully saturated rings. The third-order valence-electron chi connectivity index (χ3n) is 5.02.